The van der Waals surface area contributed by atoms with E-state index in [0.717, 1.165) is 0 Å². The van der Waals surface area contributed by atoms with Gasteiger partial charge in [0.15, 0.2) is 5.67 Å². The van der Waals surface area contributed by atoms with E-state index in [9.17, 15) is 14.0 Å². The van der Waals surface area contributed by atoms with E-state index in [1.165, 1.54) is 12.3 Å². The standard InChI is InChI=1S/C15H15FN2O2.C12H10N2O2.2H2/c1-18-12-8-11(4-6-15(16)9-17-10-15)2-3-13(12)20-7-5-14(18)19;13-12(15)11-8-10(6-7-14-11)16-9-4-2-1-3-5-9;;/h2-3,8,17H,5,7,9-10H2,1H3;1-8H,(H2,13,15);2*1H. The third-order valence-corrected chi connectivity index (χ3v) is 5.47. The third-order valence-electron chi connectivity index (χ3n) is 5.47. The Kier molecular flexibility index (Phi) is 7.47. The SMILES string of the molecule is CN1C(=O)CCOc2ccc(C#CC3(F)CNC3)cc21.NC(=O)c1cc(Oc2ccccc2)ccn1.[HH].[HH]. The summed E-state index contributed by atoms with van der Waals surface area (Å²) in [7, 11) is 1.71. The average molecular weight is 493 g/mol. The Hall–Kier alpha value is -4.42. The largest absolute Gasteiger partial charge is 0.491 e. The van der Waals surface area contributed by atoms with E-state index in [2.05, 4.69) is 22.1 Å². The smallest absolute Gasteiger partial charge is 0.267 e. The first-order valence-electron chi connectivity index (χ1n) is 11.3. The fraction of sp³-hybridized carbons (Fsp3) is 0.222. The van der Waals surface area contributed by atoms with Gasteiger partial charge in [-0.2, -0.15) is 0 Å². The van der Waals surface area contributed by atoms with Crippen molar-refractivity contribution in [1.82, 2.24) is 10.3 Å². The Morgan fingerprint density at radius 3 is 2.67 bits per heavy atom. The number of alkyl halides is 1. The summed E-state index contributed by atoms with van der Waals surface area (Å²) in [6, 6.07) is 17.8. The minimum atomic E-state index is -1.43. The number of benzene rings is 2. The topological polar surface area (TPSA) is 107 Å². The number of anilines is 1. The lowest BCUT2D eigenvalue weighted by atomic mass is 10.00. The van der Waals surface area contributed by atoms with Crippen LogP contribution in [0.4, 0.5) is 10.1 Å². The van der Waals surface area contributed by atoms with Gasteiger partial charge >= 0.3 is 0 Å². The zero-order valence-electron chi connectivity index (χ0n) is 19.7. The minimum Gasteiger partial charge on any atom is -0.491 e. The van der Waals surface area contributed by atoms with Gasteiger partial charge in [-0.3, -0.25) is 14.6 Å². The van der Waals surface area contributed by atoms with Crippen molar-refractivity contribution in [3.63, 3.8) is 0 Å². The number of nitrogens with one attached hydrogen (secondary N) is 1. The van der Waals surface area contributed by atoms with Gasteiger partial charge in [-0.1, -0.05) is 30.0 Å². The summed E-state index contributed by atoms with van der Waals surface area (Å²) < 4.78 is 24.9. The second kappa shape index (κ2) is 10.9. The highest BCUT2D eigenvalue weighted by atomic mass is 19.1. The monoisotopic (exact) mass is 492 g/mol. The third kappa shape index (κ3) is 6.17. The highest BCUT2D eigenvalue weighted by Gasteiger charge is 2.34. The predicted molar refractivity (Wildman–Crippen MR) is 137 cm³/mol. The van der Waals surface area contributed by atoms with Crippen LogP contribution in [0.2, 0.25) is 0 Å². The molecular weight excluding hydrogens is 463 g/mol. The molecule has 3 heterocycles. The van der Waals surface area contributed by atoms with Crippen molar-refractivity contribution in [2.45, 2.75) is 12.1 Å². The molecule has 188 valence electrons. The lowest BCUT2D eigenvalue weighted by molar-refractivity contribution is -0.118. The highest BCUT2D eigenvalue weighted by molar-refractivity contribution is 5.95. The molecular formula is C27H29FN4O4. The van der Waals surface area contributed by atoms with Gasteiger partial charge in [0.2, 0.25) is 5.91 Å². The maximum Gasteiger partial charge on any atom is 0.267 e. The predicted octanol–water partition coefficient (Wildman–Crippen LogP) is 3.56. The number of rotatable bonds is 3. The number of para-hydroxylation sites is 1. The fourth-order valence-corrected chi connectivity index (χ4v) is 3.38. The van der Waals surface area contributed by atoms with Crippen molar-refractivity contribution in [2.75, 3.05) is 31.6 Å². The van der Waals surface area contributed by atoms with Gasteiger partial charge in [-0.15, -0.1) is 0 Å². The van der Waals surface area contributed by atoms with E-state index in [0.29, 0.717) is 41.5 Å². The summed E-state index contributed by atoms with van der Waals surface area (Å²) in [6.45, 7) is 0.916. The second-order valence-electron chi connectivity index (χ2n) is 8.21. The van der Waals surface area contributed by atoms with Crippen LogP contribution in [-0.2, 0) is 4.79 Å². The van der Waals surface area contributed by atoms with Crippen LogP contribution in [0.15, 0.2) is 66.9 Å². The molecule has 0 saturated carbocycles. The molecule has 3 N–H and O–H groups in total. The summed E-state index contributed by atoms with van der Waals surface area (Å²) in [4.78, 5) is 28.1. The van der Waals surface area contributed by atoms with Gasteiger partial charge in [0.1, 0.15) is 22.9 Å². The molecule has 1 saturated heterocycles. The number of halogens is 1. The van der Waals surface area contributed by atoms with Crippen molar-refractivity contribution in [3.05, 3.63) is 78.1 Å². The molecule has 0 spiro atoms. The number of amides is 2. The van der Waals surface area contributed by atoms with Crippen LogP contribution in [0.3, 0.4) is 0 Å². The van der Waals surface area contributed by atoms with Crippen LogP contribution < -0.4 is 25.4 Å². The molecule has 0 unspecified atom stereocenters. The summed E-state index contributed by atoms with van der Waals surface area (Å²) in [5, 5.41) is 2.86. The summed E-state index contributed by atoms with van der Waals surface area (Å²) in [6.07, 6.45) is 1.84. The van der Waals surface area contributed by atoms with Crippen LogP contribution in [0.25, 0.3) is 0 Å². The zero-order chi connectivity index (χ0) is 25.5. The fourth-order valence-electron chi connectivity index (χ4n) is 3.38. The quantitative estimate of drug-likeness (QED) is 0.542. The first-order chi connectivity index (χ1) is 17.3. The Labute approximate surface area is 211 Å². The molecule has 8 nitrogen and oxygen atoms in total. The average Bonchev–Trinajstić information content (AvgIpc) is 3.00. The molecule has 1 fully saturated rings. The number of hydrogen-bond donors (Lipinski definition) is 2. The van der Waals surface area contributed by atoms with Crippen molar-refractivity contribution in [2.24, 2.45) is 5.73 Å². The number of carbonyl (C=O) groups is 2. The molecule has 2 aliphatic heterocycles. The number of pyridine rings is 1. The van der Waals surface area contributed by atoms with Gasteiger partial charge in [0, 0.05) is 40.8 Å². The molecule has 2 aliphatic rings. The second-order valence-corrected chi connectivity index (χ2v) is 8.21. The van der Waals surface area contributed by atoms with Crippen LogP contribution in [0, 0.1) is 11.8 Å². The van der Waals surface area contributed by atoms with Crippen LogP contribution >= 0.6 is 0 Å². The number of hydrogen-bond acceptors (Lipinski definition) is 6. The van der Waals surface area contributed by atoms with Gasteiger partial charge in [-0.25, -0.2) is 4.39 Å². The van der Waals surface area contributed by atoms with Gasteiger partial charge < -0.3 is 25.4 Å². The van der Waals surface area contributed by atoms with Crippen LogP contribution in [0.5, 0.6) is 17.2 Å². The molecule has 0 radical (unpaired) electrons. The first-order valence-corrected chi connectivity index (χ1v) is 11.3. The molecule has 0 atom stereocenters. The molecule has 9 heteroatoms. The highest BCUT2D eigenvalue weighted by Crippen LogP contribution is 2.31. The number of ether oxygens (including phenoxy) is 2. The number of carbonyl (C=O) groups excluding carboxylic acids is 2. The summed E-state index contributed by atoms with van der Waals surface area (Å²) >= 11 is 0. The molecule has 3 aromatic rings. The molecule has 5 rings (SSSR count). The molecule has 0 aliphatic carbocycles. The van der Waals surface area contributed by atoms with Gasteiger partial charge in [0.05, 0.1) is 18.7 Å². The Balaban J connectivity index is 0.000000259. The summed E-state index contributed by atoms with van der Waals surface area (Å²) in [5.41, 5.74) is 5.24. The Bertz CT molecular complexity index is 1330. The zero-order valence-corrected chi connectivity index (χ0v) is 19.7. The van der Waals surface area contributed by atoms with Crippen molar-refractivity contribution in [3.8, 4) is 29.1 Å². The van der Waals surface area contributed by atoms with E-state index in [1.807, 2.05) is 30.3 Å². The normalized spacial score (nSPS) is 15.4. The van der Waals surface area contributed by atoms with Crippen molar-refractivity contribution in [1.29, 1.82) is 0 Å². The first kappa shape index (κ1) is 24.7. The van der Waals surface area contributed by atoms with Crippen molar-refractivity contribution >= 4 is 17.5 Å². The lowest BCUT2D eigenvalue weighted by Gasteiger charge is -2.29. The van der Waals surface area contributed by atoms with Crippen LogP contribution in [0.1, 0.15) is 25.3 Å². The van der Waals surface area contributed by atoms with E-state index in [4.69, 9.17) is 15.2 Å². The molecule has 2 amide bonds. The van der Waals surface area contributed by atoms with E-state index >= 15 is 0 Å². The summed E-state index contributed by atoms with van der Waals surface area (Å²) in [5.74, 6) is 6.79. The number of nitrogens with zero attached hydrogens (tertiary/aromatic N) is 2. The van der Waals surface area contributed by atoms with Gasteiger partial charge in [0.25, 0.3) is 5.91 Å². The molecule has 2 aromatic carbocycles. The number of aromatic nitrogens is 1. The molecule has 1 aromatic heterocycles. The maximum absolute atomic E-state index is 13.8. The number of nitrogens with two attached hydrogens (primary N) is 1. The van der Waals surface area contributed by atoms with Crippen molar-refractivity contribution < 1.29 is 26.3 Å². The molecule has 36 heavy (non-hydrogen) atoms. The Morgan fingerprint density at radius 2 is 1.97 bits per heavy atom. The lowest BCUT2D eigenvalue weighted by Crippen LogP contribution is -2.55. The Morgan fingerprint density at radius 1 is 1.19 bits per heavy atom. The van der Waals surface area contributed by atoms with E-state index in [1.54, 1.807) is 36.2 Å². The minimum absolute atomic E-state index is 0. The van der Waals surface area contributed by atoms with Gasteiger partial charge in [-0.05, 0) is 36.4 Å². The number of primary amides is 1. The van der Waals surface area contributed by atoms with E-state index in [-0.39, 0.29) is 27.5 Å². The maximum atomic E-state index is 13.8. The molecule has 0 bridgehead atoms. The van der Waals surface area contributed by atoms with Crippen LogP contribution in [-0.4, -0.2) is 49.2 Å². The number of fused-ring (bicyclic) bond motifs is 1. The van der Waals surface area contributed by atoms with E-state index < -0.39 is 11.6 Å².